The maximum Gasteiger partial charge on any atom is 0.419 e. The van der Waals surface area contributed by atoms with Crippen LogP contribution in [0.25, 0.3) is 11.1 Å². The number of aryl methyl sites for hydroxylation is 1. The standard InChI is InChI=1S/C20H17N3O5S/c24-20-23(13-6-1-2-7-14(13)27-20)10-5-11-29-19-22-21-18(28-19)17-12-25-15-8-3-4-9-16(15)26-17/h1-4,6-9,17H,5,10-12H2. The van der Waals surface area contributed by atoms with E-state index in [4.69, 9.17) is 18.3 Å². The van der Waals surface area contributed by atoms with Crippen molar-refractivity contribution in [2.24, 2.45) is 0 Å². The van der Waals surface area contributed by atoms with Gasteiger partial charge in [-0.05, 0) is 30.7 Å². The van der Waals surface area contributed by atoms with Crippen LogP contribution in [0.3, 0.4) is 0 Å². The van der Waals surface area contributed by atoms with E-state index in [1.807, 2.05) is 42.5 Å². The van der Waals surface area contributed by atoms with Gasteiger partial charge in [0.25, 0.3) is 11.1 Å². The van der Waals surface area contributed by atoms with Gasteiger partial charge in [0.15, 0.2) is 17.1 Å². The highest BCUT2D eigenvalue weighted by Crippen LogP contribution is 2.35. The van der Waals surface area contributed by atoms with E-state index >= 15 is 0 Å². The van der Waals surface area contributed by atoms with Crippen LogP contribution in [0.1, 0.15) is 18.4 Å². The lowest BCUT2D eigenvalue weighted by Crippen LogP contribution is -2.21. The second kappa shape index (κ2) is 7.67. The molecule has 0 aliphatic carbocycles. The number of ether oxygens (including phenoxy) is 2. The predicted molar refractivity (Wildman–Crippen MR) is 105 cm³/mol. The number of rotatable bonds is 6. The van der Waals surface area contributed by atoms with E-state index in [1.165, 1.54) is 11.8 Å². The molecule has 5 rings (SSSR count). The Morgan fingerprint density at radius 1 is 1.03 bits per heavy atom. The van der Waals surface area contributed by atoms with Crippen molar-refractivity contribution in [1.82, 2.24) is 14.8 Å². The molecular formula is C20H17N3O5S. The molecule has 0 saturated heterocycles. The topological polar surface area (TPSA) is 92.5 Å². The molecule has 1 unspecified atom stereocenters. The fourth-order valence-electron chi connectivity index (χ4n) is 3.16. The maximum atomic E-state index is 12.0. The van der Waals surface area contributed by atoms with Gasteiger partial charge in [0.1, 0.15) is 6.61 Å². The summed E-state index contributed by atoms with van der Waals surface area (Å²) in [6.07, 6.45) is 0.324. The summed E-state index contributed by atoms with van der Waals surface area (Å²) in [4.78, 5) is 12.0. The molecule has 4 aromatic rings. The highest BCUT2D eigenvalue weighted by molar-refractivity contribution is 7.99. The van der Waals surface area contributed by atoms with Crippen LogP contribution in [0.4, 0.5) is 0 Å². The van der Waals surface area contributed by atoms with E-state index in [-0.39, 0.29) is 5.76 Å². The van der Waals surface area contributed by atoms with Crippen molar-refractivity contribution in [3.63, 3.8) is 0 Å². The molecular weight excluding hydrogens is 394 g/mol. The van der Waals surface area contributed by atoms with Crippen LogP contribution in [-0.2, 0) is 6.54 Å². The van der Waals surface area contributed by atoms with E-state index in [9.17, 15) is 4.79 Å². The van der Waals surface area contributed by atoms with Crippen molar-refractivity contribution in [3.8, 4) is 11.5 Å². The zero-order valence-electron chi connectivity index (χ0n) is 15.3. The van der Waals surface area contributed by atoms with Crippen LogP contribution in [0.2, 0.25) is 0 Å². The van der Waals surface area contributed by atoms with Crippen molar-refractivity contribution in [3.05, 3.63) is 65.0 Å². The van der Waals surface area contributed by atoms with Crippen LogP contribution >= 0.6 is 11.8 Å². The first-order valence-corrected chi connectivity index (χ1v) is 10.2. The van der Waals surface area contributed by atoms with E-state index < -0.39 is 6.10 Å². The lowest BCUT2D eigenvalue weighted by Gasteiger charge is -2.23. The molecule has 2 aromatic carbocycles. The number of hydrogen-bond donors (Lipinski definition) is 0. The van der Waals surface area contributed by atoms with Crippen LogP contribution in [-0.4, -0.2) is 27.1 Å². The van der Waals surface area contributed by atoms with E-state index in [0.717, 1.165) is 17.7 Å². The summed E-state index contributed by atoms with van der Waals surface area (Å²) < 4.78 is 24.2. The van der Waals surface area contributed by atoms with Gasteiger partial charge in [0.2, 0.25) is 6.10 Å². The van der Waals surface area contributed by atoms with Crippen LogP contribution < -0.4 is 15.2 Å². The Bertz CT molecular complexity index is 1200. The Morgan fingerprint density at radius 2 is 1.86 bits per heavy atom. The number of hydrogen-bond acceptors (Lipinski definition) is 8. The first kappa shape index (κ1) is 17.9. The third-order valence-electron chi connectivity index (χ3n) is 4.53. The molecule has 2 aromatic heterocycles. The minimum atomic E-state index is -0.428. The molecule has 1 aliphatic heterocycles. The third kappa shape index (κ3) is 3.61. The van der Waals surface area contributed by atoms with Gasteiger partial charge in [0, 0.05) is 12.3 Å². The molecule has 148 valence electrons. The lowest BCUT2D eigenvalue weighted by molar-refractivity contribution is 0.0686. The van der Waals surface area contributed by atoms with Crippen molar-refractivity contribution < 1.29 is 18.3 Å². The average Bonchev–Trinajstić information content (AvgIpc) is 3.35. The maximum absolute atomic E-state index is 12.0. The number of fused-ring (bicyclic) bond motifs is 2. The number of oxazole rings is 1. The van der Waals surface area contributed by atoms with Gasteiger partial charge in [-0.15, -0.1) is 10.2 Å². The normalized spacial score (nSPS) is 15.7. The van der Waals surface area contributed by atoms with Gasteiger partial charge >= 0.3 is 5.76 Å². The Hall–Kier alpha value is -3.20. The summed E-state index contributed by atoms with van der Waals surface area (Å²) in [6.45, 7) is 0.875. The van der Waals surface area contributed by atoms with Gasteiger partial charge in [-0.25, -0.2) is 4.79 Å². The summed E-state index contributed by atoms with van der Waals surface area (Å²) in [5, 5.41) is 8.62. The smallest absolute Gasteiger partial charge is 0.419 e. The monoisotopic (exact) mass is 411 g/mol. The number of nitrogens with zero attached hydrogens (tertiary/aromatic N) is 3. The Kier molecular flexibility index (Phi) is 4.73. The van der Waals surface area contributed by atoms with Gasteiger partial charge in [0.05, 0.1) is 5.52 Å². The number of benzene rings is 2. The van der Waals surface area contributed by atoms with Gasteiger partial charge in [-0.1, -0.05) is 36.0 Å². The van der Waals surface area contributed by atoms with E-state index in [2.05, 4.69) is 10.2 Å². The quantitative estimate of drug-likeness (QED) is 0.350. The van der Waals surface area contributed by atoms with Crippen molar-refractivity contribution in [1.29, 1.82) is 0 Å². The SMILES string of the molecule is O=c1oc2ccccc2n1CCCSc1nnc(C2COc3ccccc3O2)o1. The van der Waals surface area contributed by atoms with Crippen LogP contribution in [0.5, 0.6) is 11.5 Å². The molecule has 1 atom stereocenters. The molecule has 0 saturated carbocycles. The zero-order valence-corrected chi connectivity index (χ0v) is 16.1. The first-order chi connectivity index (χ1) is 14.3. The second-order valence-corrected chi connectivity index (χ2v) is 7.51. The molecule has 3 heterocycles. The number of para-hydroxylation sites is 4. The summed E-state index contributed by atoms with van der Waals surface area (Å²) in [6, 6.07) is 14.9. The van der Waals surface area contributed by atoms with Gasteiger partial charge in [-0.2, -0.15) is 0 Å². The minimum Gasteiger partial charge on any atom is -0.485 e. The molecule has 0 N–H and O–H groups in total. The molecule has 0 spiro atoms. The Labute approximate surface area is 169 Å². The lowest BCUT2D eigenvalue weighted by atomic mass is 10.2. The molecule has 0 amide bonds. The van der Waals surface area contributed by atoms with Crippen molar-refractivity contribution >= 4 is 22.9 Å². The third-order valence-corrected chi connectivity index (χ3v) is 5.44. The minimum absolute atomic E-state index is 0.319. The average molecular weight is 411 g/mol. The summed E-state index contributed by atoms with van der Waals surface area (Å²) in [5.41, 5.74) is 1.40. The van der Waals surface area contributed by atoms with Crippen LogP contribution in [0, 0.1) is 0 Å². The largest absolute Gasteiger partial charge is 0.485 e. The van der Waals surface area contributed by atoms with Crippen molar-refractivity contribution in [2.45, 2.75) is 24.3 Å². The molecule has 0 bridgehead atoms. The van der Waals surface area contributed by atoms with Crippen LogP contribution in [0.15, 0.2) is 67.4 Å². The number of aromatic nitrogens is 3. The van der Waals surface area contributed by atoms with Gasteiger partial charge < -0.3 is 18.3 Å². The van der Waals surface area contributed by atoms with Crippen molar-refractivity contribution in [2.75, 3.05) is 12.4 Å². The highest BCUT2D eigenvalue weighted by atomic mass is 32.2. The molecule has 9 heteroatoms. The predicted octanol–water partition coefficient (Wildman–Crippen LogP) is 3.67. The Balaban J connectivity index is 1.17. The van der Waals surface area contributed by atoms with Gasteiger partial charge in [-0.3, -0.25) is 4.57 Å². The first-order valence-electron chi connectivity index (χ1n) is 9.21. The van der Waals surface area contributed by atoms with E-state index in [0.29, 0.717) is 41.3 Å². The molecule has 0 fully saturated rings. The molecule has 0 radical (unpaired) electrons. The molecule has 8 nitrogen and oxygen atoms in total. The summed E-state index contributed by atoms with van der Waals surface area (Å²) in [7, 11) is 0. The fourth-order valence-corrected chi connectivity index (χ4v) is 3.85. The molecule has 29 heavy (non-hydrogen) atoms. The summed E-state index contributed by atoms with van der Waals surface area (Å²) >= 11 is 1.44. The zero-order chi connectivity index (χ0) is 19.6. The van der Waals surface area contributed by atoms with E-state index in [1.54, 1.807) is 10.6 Å². The fraction of sp³-hybridized carbons (Fsp3) is 0.250. The Morgan fingerprint density at radius 3 is 2.79 bits per heavy atom. The highest BCUT2D eigenvalue weighted by Gasteiger charge is 2.27. The number of thioether (sulfide) groups is 1. The molecule has 1 aliphatic rings. The summed E-state index contributed by atoms with van der Waals surface area (Å²) in [5.74, 6) is 2.14. The second-order valence-electron chi connectivity index (χ2n) is 6.46.